The summed E-state index contributed by atoms with van der Waals surface area (Å²) in [4.78, 5) is 23.1. The van der Waals surface area contributed by atoms with Crippen LogP contribution in [-0.4, -0.2) is 17.0 Å². The Morgan fingerprint density at radius 3 is 2.63 bits per heavy atom. The van der Waals surface area contributed by atoms with Crippen molar-refractivity contribution in [3.8, 4) is 0 Å². The van der Waals surface area contributed by atoms with Gasteiger partial charge in [-0.05, 0) is 25.0 Å². The van der Waals surface area contributed by atoms with Crippen molar-refractivity contribution in [1.82, 2.24) is 0 Å². The number of carboxylic acid groups (broad SMARTS) is 1. The van der Waals surface area contributed by atoms with Crippen molar-refractivity contribution in [3.63, 3.8) is 0 Å². The van der Waals surface area contributed by atoms with E-state index in [2.05, 4.69) is 5.32 Å². The quantitative estimate of drug-likeness (QED) is 0.897. The van der Waals surface area contributed by atoms with E-state index in [4.69, 9.17) is 16.7 Å². The number of para-hydroxylation sites is 1. The number of benzene rings is 1. The number of hydrogen-bond acceptors (Lipinski definition) is 2. The van der Waals surface area contributed by atoms with E-state index < -0.39 is 29.5 Å². The van der Waals surface area contributed by atoms with E-state index in [9.17, 15) is 14.0 Å². The minimum absolute atomic E-state index is 0.0924. The molecule has 0 aromatic heterocycles. The number of amides is 1. The van der Waals surface area contributed by atoms with Crippen LogP contribution in [0, 0.1) is 17.7 Å². The number of carbonyl (C=O) groups is 2. The minimum Gasteiger partial charge on any atom is -0.481 e. The van der Waals surface area contributed by atoms with E-state index in [1.807, 2.05) is 0 Å². The van der Waals surface area contributed by atoms with Gasteiger partial charge in [0, 0.05) is 0 Å². The van der Waals surface area contributed by atoms with Crippen LogP contribution in [0.15, 0.2) is 18.2 Å². The summed E-state index contributed by atoms with van der Waals surface area (Å²) in [6, 6.07) is 4.08. The van der Waals surface area contributed by atoms with E-state index in [1.54, 1.807) is 0 Å². The molecule has 0 saturated heterocycles. The van der Waals surface area contributed by atoms with Gasteiger partial charge in [0.2, 0.25) is 5.91 Å². The van der Waals surface area contributed by atoms with Crippen molar-refractivity contribution in [2.24, 2.45) is 11.8 Å². The Hall–Kier alpha value is -1.62. The normalized spacial score (nSPS) is 22.2. The van der Waals surface area contributed by atoms with Crippen LogP contribution in [0.1, 0.15) is 19.3 Å². The van der Waals surface area contributed by atoms with Crippen molar-refractivity contribution in [1.29, 1.82) is 0 Å². The molecule has 1 saturated carbocycles. The molecule has 6 heteroatoms. The number of nitrogens with one attached hydrogen (secondary N) is 1. The summed E-state index contributed by atoms with van der Waals surface area (Å²) < 4.78 is 13.5. The highest BCUT2D eigenvalue weighted by molar-refractivity contribution is 6.33. The Labute approximate surface area is 114 Å². The van der Waals surface area contributed by atoms with Gasteiger partial charge < -0.3 is 10.4 Å². The van der Waals surface area contributed by atoms with Crippen LogP contribution in [-0.2, 0) is 9.59 Å². The molecular formula is C13H13ClFNO3. The van der Waals surface area contributed by atoms with Gasteiger partial charge in [0.15, 0.2) is 0 Å². The number of anilines is 1. The van der Waals surface area contributed by atoms with Gasteiger partial charge in [-0.25, -0.2) is 4.39 Å². The molecular weight excluding hydrogens is 273 g/mol. The summed E-state index contributed by atoms with van der Waals surface area (Å²) in [6.07, 6.45) is 1.65. The largest absolute Gasteiger partial charge is 0.481 e. The van der Waals surface area contributed by atoms with Gasteiger partial charge in [-0.2, -0.15) is 0 Å². The van der Waals surface area contributed by atoms with E-state index in [0.717, 1.165) is 0 Å². The van der Waals surface area contributed by atoms with Crippen molar-refractivity contribution >= 4 is 29.2 Å². The van der Waals surface area contributed by atoms with Crippen LogP contribution < -0.4 is 5.32 Å². The second-order valence-electron chi connectivity index (χ2n) is 4.57. The number of hydrogen-bond donors (Lipinski definition) is 2. The van der Waals surface area contributed by atoms with Gasteiger partial charge in [-0.15, -0.1) is 0 Å². The smallest absolute Gasteiger partial charge is 0.307 e. The summed E-state index contributed by atoms with van der Waals surface area (Å²) in [5.74, 6) is -3.45. The molecule has 1 aromatic carbocycles. The van der Waals surface area contributed by atoms with Crippen LogP contribution in [0.5, 0.6) is 0 Å². The molecule has 2 rings (SSSR count). The van der Waals surface area contributed by atoms with E-state index in [-0.39, 0.29) is 10.7 Å². The lowest BCUT2D eigenvalue weighted by Gasteiger charge is -2.16. The zero-order chi connectivity index (χ0) is 14.0. The predicted octanol–water partition coefficient (Wildman–Crippen LogP) is 2.92. The predicted molar refractivity (Wildman–Crippen MR) is 68.5 cm³/mol. The summed E-state index contributed by atoms with van der Waals surface area (Å²) in [7, 11) is 0. The maximum Gasteiger partial charge on any atom is 0.307 e. The van der Waals surface area contributed by atoms with Crippen LogP contribution in [0.2, 0.25) is 5.02 Å². The lowest BCUT2D eigenvalue weighted by atomic mass is 9.95. The van der Waals surface area contributed by atoms with E-state index in [1.165, 1.54) is 18.2 Å². The van der Waals surface area contributed by atoms with Crippen molar-refractivity contribution < 1.29 is 19.1 Å². The second-order valence-corrected chi connectivity index (χ2v) is 4.98. The number of carbonyl (C=O) groups excluding carboxylic acids is 1. The lowest BCUT2D eigenvalue weighted by Crippen LogP contribution is -2.30. The van der Waals surface area contributed by atoms with Crippen LogP contribution in [0.4, 0.5) is 10.1 Å². The highest BCUT2D eigenvalue weighted by Gasteiger charge is 2.38. The number of carboxylic acids is 1. The molecule has 0 spiro atoms. The first kappa shape index (κ1) is 13.8. The number of aliphatic carboxylic acids is 1. The van der Waals surface area contributed by atoms with Gasteiger partial charge in [-0.1, -0.05) is 24.1 Å². The molecule has 2 atom stereocenters. The first-order valence-corrected chi connectivity index (χ1v) is 6.36. The molecule has 1 aliphatic carbocycles. The molecule has 1 aromatic rings. The molecule has 1 aliphatic rings. The first-order chi connectivity index (χ1) is 9.00. The van der Waals surface area contributed by atoms with E-state index in [0.29, 0.717) is 19.3 Å². The molecule has 0 aliphatic heterocycles. The van der Waals surface area contributed by atoms with Crippen LogP contribution in [0.25, 0.3) is 0 Å². The topological polar surface area (TPSA) is 66.4 Å². The van der Waals surface area contributed by atoms with Gasteiger partial charge in [0.25, 0.3) is 0 Å². The van der Waals surface area contributed by atoms with Crippen LogP contribution in [0.3, 0.4) is 0 Å². The monoisotopic (exact) mass is 285 g/mol. The molecule has 0 unspecified atom stereocenters. The molecule has 0 bridgehead atoms. The summed E-state index contributed by atoms with van der Waals surface area (Å²) in [5.41, 5.74) is -0.0924. The average Bonchev–Trinajstić information content (AvgIpc) is 2.83. The molecule has 102 valence electrons. The summed E-state index contributed by atoms with van der Waals surface area (Å²) in [6.45, 7) is 0. The lowest BCUT2D eigenvalue weighted by molar-refractivity contribution is -0.145. The van der Waals surface area contributed by atoms with Crippen LogP contribution >= 0.6 is 11.6 Å². The average molecular weight is 286 g/mol. The number of rotatable bonds is 3. The van der Waals surface area contributed by atoms with Gasteiger partial charge in [0.1, 0.15) is 5.82 Å². The standard InChI is InChI=1S/C13H13ClFNO3/c14-9-5-2-6-10(15)11(9)16-12(17)7-3-1-4-8(7)13(18)19/h2,5-8H,1,3-4H2,(H,16,17)(H,18,19)/t7-,8+/m1/s1. The maximum atomic E-state index is 13.5. The molecule has 0 heterocycles. The van der Waals surface area contributed by atoms with Crippen molar-refractivity contribution in [2.75, 3.05) is 5.32 Å². The third-order valence-electron chi connectivity index (χ3n) is 3.38. The first-order valence-electron chi connectivity index (χ1n) is 5.98. The molecule has 19 heavy (non-hydrogen) atoms. The molecule has 1 amide bonds. The fourth-order valence-corrected chi connectivity index (χ4v) is 2.61. The third kappa shape index (κ3) is 2.87. The zero-order valence-corrected chi connectivity index (χ0v) is 10.8. The van der Waals surface area contributed by atoms with Gasteiger partial charge in [-0.3, -0.25) is 9.59 Å². The van der Waals surface area contributed by atoms with Gasteiger partial charge >= 0.3 is 5.97 Å². The SMILES string of the molecule is O=C(O)[C@H]1CCC[C@H]1C(=O)Nc1c(F)cccc1Cl. The molecule has 0 radical (unpaired) electrons. The van der Waals surface area contributed by atoms with Crippen molar-refractivity contribution in [3.05, 3.63) is 29.0 Å². The summed E-state index contributed by atoms with van der Waals surface area (Å²) in [5, 5.41) is 11.5. The fourth-order valence-electron chi connectivity index (χ4n) is 2.40. The fraction of sp³-hybridized carbons (Fsp3) is 0.385. The Balaban J connectivity index is 2.15. The highest BCUT2D eigenvalue weighted by atomic mass is 35.5. The number of halogens is 2. The molecule has 4 nitrogen and oxygen atoms in total. The maximum absolute atomic E-state index is 13.5. The molecule has 2 N–H and O–H groups in total. The minimum atomic E-state index is -0.989. The Bertz CT molecular complexity index is 500. The Morgan fingerprint density at radius 2 is 2.00 bits per heavy atom. The third-order valence-corrected chi connectivity index (χ3v) is 3.70. The van der Waals surface area contributed by atoms with E-state index >= 15 is 0 Å². The Kier molecular flexibility index (Phi) is 4.04. The molecule has 1 fully saturated rings. The zero-order valence-electron chi connectivity index (χ0n) is 10.0. The second kappa shape index (κ2) is 5.57. The van der Waals surface area contributed by atoms with Crippen molar-refractivity contribution in [2.45, 2.75) is 19.3 Å². The van der Waals surface area contributed by atoms with Gasteiger partial charge in [0.05, 0.1) is 22.5 Å². The highest BCUT2D eigenvalue weighted by Crippen LogP contribution is 2.34. The Morgan fingerprint density at radius 1 is 1.32 bits per heavy atom. The summed E-state index contributed by atoms with van der Waals surface area (Å²) >= 11 is 5.81.